The Bertz CT molecular complexity index is 596. The van der Waals surface area contributed by atoms with Crippen LogP contribution in [0.5, 0.6) is 0 Å². The molecule has 0 amide bonds. The van der Waals surface area contributed by atoms with Crippen molar-refractivity contribution in [1.29, 1.82) is 0 Å². The van der Waals surface area contributed by atoms with Gasteiger partial charge in [0.1, 0.15) is 4.21 Å². The van der Waals surface area contributed by atoms with Crippen LogP contribution in [0.4, 0.5) is 0 Å². The van der Waals surface area contributed by atoms with Gasteiger partial charge >= 0.3 is 5.97 Å². The molecule has 1 aromatic heterocycles. The number of piperidine rings is 1. The second-order valence-electron chi connectivity index (χ2n) is 4.55. The summed E-state index contributed by atoms with van der Waals surface area (Å²) in [5.74, 6) is -0.984. The van der Waals surface area contributed by atoms with Gasteiger partial charge in [0.05, 0.1) is 15.2 Å². The van der Waals surface area contributed by atoms with Gasteiger partial charge in [0.25, 0.3) is 10.0 Å². The van der Waals surface area contributed by atoms with E-state index in [1.807, 2.05) is 0 Å². The van der Waals surface area contributed by atoms with Gasteiger partial charge in [-0.2, -0.15) is 4.31 Å². The van der Waals surface area contributed by atoms with Gasteiger partial charge in [-0.1, -0.05) is 18.0 Å². The standard InChI is InChI=1S/C11H13BrClNO4S2/c12-11-8(13)6-10(19-11)20(17,18)14-4-2-1-3-7(14)5-9(15)16/h6-7H,1-5H2,(H,15,16). The van der Waals surface area contributed by atoms with Crippen LogP contribution >= 0.6 is 38.9 Å². The Balaban J connectivity index is 2.32. The number of thiophene rings is 1. The van der Waals surface area contributed by atoms with Crippen molar-refractivity contribution in [3.8, 4) is 0 Å². The topological polar surface area (TPSA) is 74.7 Å². The molecule has 1 aliphatic rings. The zero-order valence-corrected chi connectivity index (χ0v) is 14.4. The average molecular weight is 403 g/mol. The van der Waals surface area contributed by atoms with Gasteiger partial charge in [-0.05, 0) is 34.8 Å². The fourth-order valence-corrected chi connectivity index (χ4v) is 6.49. The molecule has 1 N–H and O–H groups in total. The van der Waals surface area contributed by atoms with Crippen LogP contribution < -0.4 is 0 Å². The third-order valence-electron chi connectivity index (χ3n) is 3.17. The van der Waals surface area contributed by atoms with Gasteiger partial charge < -0.3 is 5.11 Å². The quantitative estimate of drug-likeness (QED) is 0.839. The molecule has 1 aliphatic heterocycles. The van der Waals surface area contributed by atoms with E-state index >= 15 is 0 Å². The fourth-order valence-electron chi connectivity index (χ4n) is 2.27. The molecule has 2 heterocycles. The van der Waals surface area contributed by atoms with Crippen LogP contribution in [0.2, 0.25) is 5.02 Å². The maximum absolute atomic E-state index is 12.6. The average Bonchev–Trinajstić information content (AvgIpc) is 2.70. The van der Waals surface area contributed by atoms with Gasteiger partial charge in [0.15, 0.2) is 0 Å². The van der Waals surface area contributed by atoms with Crippen molar-refractivity contribution in [2.45, 2.75) is 35.9 Å². The monoisotopic (exact) mass is 401 g/mol. The van der Waals surface area contributed by atoms with Gasteiger partial charge in [-0.15, -0.1) is 11.3 Å². The lowest BCUT2D eigenvalue weighted by Crippen LogP contribution is -2.44. The van der Waals surface area contributed by atoms with E-state index in [-0.39, 0.29) is 10.6 Å². The van der Waals surface area contributed by atoms with Crippen molar-refractivity contribution in [3.63, 3.8) is 0 Å². The van der Waals surface area contributed by atoms with Gasteiger partial charge in [0.2, 0.25) is 0 Å². The Hall–Kier alpha value is -0.150. The summed E-state index contributed by atoms with van der Waals surface area (Å²) in [6.07, 6.45) is 2.00. The molecule has 112 valence electrons. The van der Waals surface area contributed by atoms with Gasteiger partial charge in [-0.3, -0.25) is 4.79 Å². The highest BCUT2D eigenvalue weighted by molar-refractivity contribution is 9.11. The van der Waals surface area contributed by atoms with E-state index < -0.39 is 22.0 Å². The maximum Gasteiger partial charge on any atom is 0.304 e. The lowest BCUT2D eigenvalue weighted by Gasteiger charge is -2.33. The summed E-state index contributed by atoms with van der Waals surface area (Å²) in [6.45, 7) is 0.355. The van der Waals surface area contributed by atoms with E-state index in [9.17, 15) is 13.2 Å². The molecular formula is C11H13BrClNO4S2. The SMILES string of the molecule is O=C(O)CC1CCCCN1S(=O)(=O)c1cc(Cl)c(Br)s1. The van der Waals surface area contributed by atoms with Crippen molar-refractivity contribution in [1.82, 2.24) is 4.31 Å². The minimum Gasteiger partial charge on any atom is -0.481 e. The summed E-state index contributed by atoms with van der Waals surface area (Å²) in [4.78, 5) is 10.9. The fraction of sp³-hybridized carbons (Fsp3) is 0.545. The third-order valence-corrected chi connectivity index (χ3v) is 8.04. The summed E-state index contributed by atoms with van der Waals surface area (Å²) in [5, 5.41) is 9.27. The Morgan fingerprint density at radius 3 is 2.80 bits per heavy atom. The number of carboxylic acids is 1. The number of aliphatic carboxylic acids is 1. The predicted octanol–water partition coefficient (Wildman–Crippen LogP) is 3.18. The van der Waals surface area contributed by atoms with Crippen LogP contribution in [0.15, 0.2) is 14.1 Å². The highest BCUT2D eigenvalue weighted by Gasteiger charge is 2.35. The van der Waals surface area contributed by atoms with E-state index in [2.05, 4.69) is 15.9 Å². The van der Waals surface area contributed by atoms with Crippen molar-refractivity contribution >= 4 is 54.9 Å². The van der Waals surface area contributed by atoms with Gasteiger partial charge in [-0.25, -0.2) is 8.42 Å². The first-order valence-corrected chi connectivity index (χ1v) is 9.43. The Morgan fingerprint density at radius 2 is 2.25 bits per heavy atom. The first-order valence-electron chi connectivity index (χ1n) is 6.01. The van der Waals surface area contributed by atoms with E-state index in [1.165, 1.54) is 10.4 Å². The molecule has 0 radical (unpaired) electrons. The summed E-state index contributed by atoms with van der Waals surface area (Å²) in [5.41, 5.74) is 0. The molecular weight excluding hydrogens is 390 g/mol. The number of hydrogen-bond acceptors (Lipinski definition) is 4. The Kier molecular flexibility index (Phi) is 5.12. The number of carbonyl (C=O) groups is 1. The van der Waals surface area contributed by atoms with Crippen LogP contribution in [0.1, 0.15) is 25.7 Å². The highest BCUT2D eigenvalue weighted by atomic mass is 79.9. The molecule has 1 aromatic rings. The van der Waals surface area contributed by atoms with Crippen LogP contribution in [0.25, 0.3) is 0 Å². The number of hydrogen-bond donors (Lipinski definition) is 1. The summed E-state index contributed by atoms with van der Waals surface area (Å²) in [6, 6.07) is 0.920. The molecule has 1 atom stereocenters. The first kappa shape index (κ1) is 16.2. The lowest BCUT2D eigenvalue weighted by atomic mass is 10.0. The molecule has 20 heavy (non-hydrogen) atoms. The van der Waals surface area contributed by atoms with Crippen molar-refractivity contribution in [3.05, 3.63) is 14.9 Å². The zero-order valence-electron chi connectivity index (χ0n) is 10.4. The number of rotatable bonds is 4. The zero-order chi connectivity index (χ0) is 14.9. The van der Waals surface area contributed by atoms with Crippen LogP contribution in [-0.2, 0) is 14.8 Å². The molecule has 5 nitrogen and oxygen atoms in total. The van der Waals surface area contributed by atoms with E-state index in [4.69, 9.17) is 16.7 Å². The van der Waals surface area contributed by atoms with Gasteiger partial charge in [0, 0.05) is 12.6 Å². The van der Waals surface area contributed by atoms with Crippen LogP contribution in [0, 0.1) is 0 Å². The molecule has 1 saturated heterocycles. The summed E-state index contributed by atoms with van der Waals surface area (Å²) >= 11 is 10.1. The predicted molar refractivity (Wildman–Crippen MR) is 80.8 cm³/mol. The number of halogens is 2. The van der Waals surface area contributed by atoms with Crippen LogP contribution in [0.3, 0.4) is 0 Å². The minimum absolute atomic E-state index is 0.145. The smallest absolute Gasteiger partial charge is 0.304 e. The van der Waals surface area contributed by atoms with Crippen LogP contribution in [-0.4, -0.2) is 36.4 Å². The molecule has 0 saturated carbocycles. The van der Waals surface area contributed by atoms with E-state index in [0.717, 1.165) is 24.2 Å². The first-order chi connectivity index (χ1) is 9.32. The molecule has 0 spiro atoms. The van der Waals surface area contributed by atoms with E-state index in [0.29, 0.717) is 21.8 Å². The normalized spacial score (nSPS) is 21.0. The molecule has 2 rings (SSSR count). The van der Waals surface area contributed by atoms with E-state index in [1.54, 1.807) is 0 Å². The molecule has 1 fully saturated rings. The number of sulfonamides is 1. The Labute approximate surface area is 134 Å². The minimum atomic E-state index is -3.68. The Morgan fingerprint density at radius 1 is 1.55 bits per heavy atom. The van der Waals surface area contributed by atoms with Crippen molar-refractivity contribution < 1.29 is 18.3 Å². The second kappa shape index (κ2) is 6.31. The third kappa shape index (κ3) is 3.36. The maximum atomic E-state index is 12.6. The molecule has 0 aromatic carbocycles. The summed E-state index contributed by atoms with van der Waals surface area (Å²) < 4.78 is 27.2. The summed E-state index contributed by atoms with van der Waals surface area (Å²) in [7, 11) is -3.68. The largest absolute Gasteiger partial charge is 0.481 e. The number of carboxylic acid groups (broad SMARTS) is 1. The lowest BCUT2D eigenvalue weighted by molar-refractivity contribution is -0.138. The van der Waals surface area contributed by atoms with Crippen molar-refractivity contribution in [2.75, 3.05) is 6.54 Å². The molecule has 0 bridgehead atoms. The second-order valence-corrected chi connectivity index (χ2v) is 9.44. The molecule has 1 unspecified atom stereocenters. The van der Waals surface area contributed by atoms with Crippen molar-refractivity contribution in [2.24, 2.45) is 0 Å². The highest BCUT2D eigenvalue weighted by Crippen LogP contribution is 2.37. The number of nitrogens with zero attached hydrogens (tertiary/aromatic N) is 1. The molecule has 9 heteroatoms. The molecule has 0 aliphatic carbocycles.